The molecule has 5 heteroatoms. The predicted molar refractivity (Wildman–Crippen MR) is 70.4 cm³/mol. The van der Waals surface area contributed by atoms with Crippen LogP contribution >= 0.6 is 0 Å². The van der Waals surface area contributed by atoms with E-state index in [0.717, 1.165) is 12.6 Å². The summed E-state index contributed by atoms with van der Waals surface area (Å²) in [5.41, 5.74) is 0. The van der Waals surface area contributed by atoms with Gasteiger partial charge < -0.3 is 15.2 Å². The molecular weight excluding hydrogens is 232 g/mol. The molecule has 0 bridgehead atoms. The predicted octanol–water partition coefficient (Wildman–Crippen LogP) is 0.373. The fourth-order valence-electron chi connectivity index (χ4n) is 1.93. The van der Waals surface area contributed by atoms with Gasteiger partial charge in [0.05, 0.1) is 19.1 Å². The highest BCUT2D eigenvalue weighted by molar-refractivity contribution is 5.69. The second-order valence-electron chi connectivity index (χ2n) is 5.07. The fraction of sp³-hybridized carbons (Fsp3) is 0.923. The molecule has 2 N–H and O–H groups in total. The van der Waals surface area contributed by atoms with Crippen molar-refractivity contribution in [3.05, 3.63) is 0 Å². The zero-order valence-corrected chi connectivity index (χ0v) is 11.7. The molecular formula is C13H26N2O3. The summed E-state index contributed by atoms with van der Waals surface area (Å²) in [4.78, 5) is 13.5. The number of hydrogen-bond acceptors (Lipinski definition) is 5. The van der Waals surface area contributed by atoms with Crippen LogP contribution in [0.4, 0.5) is 0 Å². The largest absolute Gasteiger partial charge is 0.466 e. The van der Waals surface area contributed by atoms with Gasteiger partial charge in [-0.2, -0.15) is 0 Å². The maximum Gasteiger partial charge on any atom is 0.308 e. The number of carbonyl (C=O) groups is 1. The highest BCUT2D eigenvalue weighted by atomic mass is 16.5. The molecule has 0 radical (unpaired) electrons. The summed E-state index contributed by atoms with van der Waals surface area (Å²) in [5, 5.41) is 12.8. The van der Waals surface area contributed by atoms with Crippen LogP contribution in [0.2, 0.25) is 0 Å². The summed E-state index contributed by atoms with van der Waals surface area (Å²) in [6.07, 6.45) is 1.99. The van der Waals surface area contributed by atoms with Crippen LogP contribution in [0.5, 0.6) is 0 Å². The molecule has 2 atom stereocenters. The van der Waals surface area contributed by atoms with Crippen molar-refractivity contribution >= 4 is 5.97 Å². The average molecular weight is 258 g/mol. The van der Waals surface area contributed by atoms with E-state index in [9.17, 15) is 9.90 Å². The third-order valence-corrected chi connectivity index (χ3v) is 3.35. The molecule has 1 aliphatic rings. The molecule has 0 saturated heterocycles. The summed E-state index contributed by atoms with van der Waals surface area (Å²) in [6, 6.07) is 1.19. The lowest BCUT2D eigenvalue weighted by atomic mass is 10.2. The molecule has 1 aliphatic carbocycles. The van der Waals surface area contributed by atoms with Crippen molar-refractivity contribution in [2.75, 3.05) is 26.7 Å². The lowest BCUT2D eigenvalue weighted by Crippen LogP contribution is -2.41. The molecule has 106 valence electrons. The minimum Gasteiger partial charge on any atom is -0.466 e. The van der Waals surface area contributed by atoms with E-state index in [4.69, 9.17) is 4.74 Å². The minimum atomic E-state index is -0.664. The smallest absolute Gasteiger partial charge is 0.308 e. The maximum absolute atomic E-state index is 11.1. The van der Waals surface area contributed by atoms with E-state index in [2.05, 4.69) is 24.2 Å². The molecule has 0 aromatic rings. The van der Waals surface area contributed by atoms with Gasteiger partial charge in [0.2, 0.25) is 0 Å². The second-order valence-corrected chi connectivity index (χ2v) is 5.07. The van der Waals surface area contributed by atoms with Crippen molar-refractivity contribution in [2.45, 2.75) is 51.3 Å². The van der Waals surface area contributed by atoms with E-state index in [0.29, 0.717) is 19.2 Å². The summed E-state index contributed by atoms with van der Waals surface area (Å²) in [6.45, 7) is 5.55. The van der Waals surface area contributed by atoms with Crippen LogP contribution in [0.25, 0.3) is 0 Å². The highest BCUT2D eigenvalue weighted by Gasteiger charge is 2.28. The first-order chi connectivity index (χ1) is 8.54. The van der Waals surface area contributed by atoms with Crippen LogP contribution in [0, 0.1) is 0 Å². The Morgan fingerprint density at radius 1 is 1.50 bits per heavy atom. The van der Waals surface area contributed by atoms with Crippen molar-refractivity contribution in [3.63, 3.8) is 0 Å². The average Bonchev–Trinajstić information content (AvgIpc) is 3.11. The standard InChI is InChI=1S/C13H26N2O3/c1-4-18-13(17)7-12(16)9-14-8-10(2)15(3)11-5-6-11/h10-12,14,16H,4-9H2,1-3H3. The Balaban J connectivity index is 2.07. The van der Waals surface area contributed by atoms with Gasteiger partial charge in [-0.05, 0) is 33.7 Å². The van der Waals surface area contributed by atoms with Crippen molar-refractivity contribution < 1.29 is 14.6 Å². The number of esters is 1. The Bertz CT molecular complexity index is 257. The second kappa shape index (κ2) is 7.71. The van der Waals surface area contributed by atoms with Gasteiger partial charge in [-0.1, -0.05) is 0 Å². The molecule has 1 rings (SSSR count). The normalized spacial score (nSPS) is 18.7. The minimum absolute atomic E-state index is 0.0632. The number of aliphatic hydroxyl groups is 1. The number of hydrogen-bond donors (Lipinski definition) is 2. The first kappa shape index (κ1) is 15.4. The van der Waals surface area contributed by atoms with E-state index < -0.39 is 6.10 Å². The number of nitrogens with zero attached hydrogens (tertiary/aromatic N) is 1. The van der Waals surface area contributed by atoms with Crippen LogP contribution in [-0.2, 0) is 9.53 Å². The first-order valence-electron chi connectivity index (χ1n) is 6.81. The lowest BCUT2D eigenvalue weighted by Gasteiger charge is -2.25. The van der Waals surface area contributed by atoms with Crippen LogP contribution in [0.1, 0.15) is 33.1 Å². The molecule has 0 heterocycles. The van der Waals surface area contributed by atoms with Crippen LogP contribution < -0.4 is 5.32 Å². The summed E-state index contributed by atoms with van der Waals surface area (Å²) in [7, 11) is 2.14. The quantitative estimate of drug-likeness (QED) is 0.585. The van der Waals surface area contributed by atoms with Gasteiger partial charge in [-0.25, -0.2) is 0 Å². The molecule has 0 aliphatic heterocycles. The first-order valence-corrected chi connectivity index (χ1v) is 6.81. The van der Waals surface area contributed by atoms with Crippen LogP contribution in [0.3, 0.4) is 0 Å². The summed E-state index contributed by atoms with van der Waals surface area (Å²) in [5.74, 6) is -0.338. The van der Waals surface area contributed by atoms with Crippen LogP contribution in [-0.4, -0.2) is 60.9 Å². The molecule has 0 aromatic heterocycles. The van der Waals surface area contributed by atoms with E-state index in [1.165, 1.54) is 12.8 Å². The topological polar surface area (TPSA) is 61.8 Å². The number of aliphatic hydroxyl groups excluding tert-OH is 1. The van der Waals surface area contributed by atoms with Crippen LogP contribution in [0.15, 0.2) is 0 Å². The van der Waals surface area contributed by atoms with E-state index in [-0.39, 0.29) is 12.4 Å². The van der Waals surface area contributed by atoms with Gasteiger partial charge >= 0.3 is 5.97 Å². The van der Waals surface area contributed by atoms with Crippen molar-refractivity contribution in [1.29, 1.82) is 0 Å². The van der Waals surface area contributed by atoms with E-state index >= 15 is 0 Å². The SMILES string of the molecule is CCOC(=O)CC(O)CNCC(C)N(C)C1CC1. The number of rotatable bonds is 9. The number of nitrogens with one attached hydrogen (secondary N) is 1. The third-order valence-electron chi connectivity index (χ3n) is 3.35. The fourth-order valence-corrected chi connectivity index (χ4v) is 1.93. The van der Waals surface area contributed by atoms with E-state index in [1.807, 2.05) is 0 Å². The van der Waals surface area contributed by atoms with Gasteiger partial charge in [0.25, 0.3) is 0 Å². The summed E-state index contributed by atoms with van der Waals surface area (Å²) < 4.78 is 4.78. The zero-order chi connectivity index (χ0) is 13.5. The number of ether oxygens (including phenoxy) is 1. The van der Waals surface area contributed by atoms with Gasteiger partial charge in [-0.15, -0.1) is 0 Å². The Morgan fingerprint density at radius 2 is 2.17 bits per heavy atom. The molecule has 5 nitrogen and oxygen atoms in total. The van der Waals surface area contributed by atoms with Crippen molar-refractivity contribution in [3.8, 4) is 0 Å². The highest BCUT2D eigenvalue weighted by Crippen LogP contribution is 2.26. The summed E-state index contributed by atoms with van der Waals surface area (Å²) >= 11 is 0. The van der Waals surface area contributed by atoms with Gasteiger partial charge in [0, 0.05) is 25.2 Å². The van der Waals surface area contributed by atoms with Gasteiger partial charge in [0.15, 0.2) is 0 Å². The van der Waals surface area contributed by atoms with Gasteiger partial charge in [-0.3, -0.25) is 9.69 Å². The third kappa shape index (κ3) is 5.80. The Hall–Kier alpha value is -0.650. The van der Waals surface area contributed by atoms with E-state index in [1.54, 1.807) is 6.92 Å². The monoisotopic (exact) mass is 258 g/mol. The molecule has 18 heavy (non-hydrogen) atoms. The van der Waals surface area contributed by atoms with Gasteiger partial charge in [0.1, 0.15) is 0 Å². The maximum atomic E-state index is 11.1. The zero-order valence-electron chi connectivity index (χ0n) is 11.7. The number of likely N-dealkylation sites (N-methyl/N-ethyl adjacent to an activating group) is 1. The molecule has 0 amide bonds. The molecule has 0 aromatic carbocycles. The Labute approximate surface area is 109 Å². The number of carbonyl (C=O) groups excluding carboxylic acids is 1. The van der Waals surface area contributed by atoms with Crippen molar-refractivity contribution in [2.24, 2.45) is 0 Å². The molecule has 1 saturated carbocycles. The Morgan fingerprint density at radius 3 is 2.72 bits per heavy atom. The molecule has 1 fully saturated rings. The molecule has 0 spiro atoms. The van der Waals surface area contributed by atoms with Crippen molar-refractivity contribution in [1.82, 2.24) is 10.2 Å². The lowest BCUT2D eigenvalue weighted by molar-refractivity contribution is -0.145. The molecule has 2 unspecified atom stereocenters. The Kier molecular flexibility index (Phi) is 6.60.